The number of nitrogens with zero attached hydrogens (tertiary/aromatic N) is 1. The molecule has 8 heteroatoms. The monoisotopic (exact) mass is 482 g/mol. The van der Waals surface area contributed by atoms with Crippen molar-refractivity contribution in [2.24, 2.45) is 0 Å². The quantitative estimate of drug-likeness (QED) is 0.435. The minimum atomic E-state index is -1.20. The topological polar surface area (TPSA) is 106 Å². The van der Waals surface area contributed by atoms with Crippen molar-refractivity contribution in [1.82, 2.24) is 0 Å². The Morgan fingerprint density at radius 3 is 2.47 bits per heavy atom. The molecular weight excluding hydrogens is 460 g/mol. The van der Waals surface area contributed by atoms with Gasteiger partial charge >= 0.3 is 5.97 Å². The fraction of sp³-hybridized carbons (Fsp3) is 0.143. The summed E-state index contributed by atoms with van der Waals surface area (Å²) in [5.74, 6) is -1.36. The average molecular weight is 482 g/mol. The summed E-state index contributed by atoms with van der Waals surface area (Å²) in [5.41, 5.74) is 1.99. The molecule has 1 N–H and O–H groups in total. The predicted octanol–water partition coefficient (Wildman–Crippen LogP) is 4.30. The van der Waals surface area contributed by atoms with Crippen LogP contribution in [0.2, 0.25) is 0 Å². The zero-order valence-electron chi connectivity index (χ0n) is 19.6. The second kappa shape index (κ2) is 9.14. The van der Waals surface area contributed by atoms with E-state index < -0.39 is 18.0 Å². The Hall–Kier alpha value is -4.72. The minimum absolute atomic E-state index is 0.0261. The number of para-hydroxylation sites is 3. The molecule has 0 saturated heterocycles. The molecule has 4 aromatic rings. The summed E-state index contributed by atoms with van der Waals surface area (Å²) in [5, 5.41) is 2.95. The molecule has 0 bridgehead atoms. The van der Waals surface area contributed by atoms with Crippen molar-refractivity contribution in [2.45, 2.75) is 20.0 Å². The van der Waals surface area contributed by atoms with Crippen molar-refractivity contribution < 1.29 is 23.5 Å². The van der Waals surface area contributed by atoms with E-state index in [0.29, 0.717) is 28.3 Å². The van der Waals surface area contributed by atoms with Crippen molar-refractivity contribution in [3.8, 4) is 11.3 Å². The fourth-order valence-electron chi connectivity index (χ4n) is 4.26. The lowest BCUT2D eigenvalue weighted by molar-refractivity contribution is -0.128. The van der Waals surface area contributed by atoms with E-state index in [1.54, 1.807) is 43.3 Å². The Bertz CT molecular complexity index is 1570. The van der Waals surface area contributed by atoms with Crippen molar-refractivity contribution in [1.29, 1.82) is 0 Å². The van der Waals surface area contributed by atoms with Crippen LogP contribution in [0.15, 0.2) is 82.0 Å². The number of anilines is 2. The van der Waals surface area contributed by atoms with Crippen molar-refractivity contribution in [3.05, 3.63) is 94.1 Å². The van der Waals surface area contributed by atoms with E-state index in [4.69, 9.17) is 9.15 Å². The summed E-state index contributed by atoms with van der Waals surface area (Å²) in [6.45, 7) is 2.92. The highest BCUT2D eigenvalue weighted by Crippen LogP contribution is 2.30. The van der Waals surface area contributed by atoms with Gasteiger partial charge in [0.2, 0.25) is 5.91 Å². The highest BCUT2D eigenvalue weighted by atomic mass is 16.5. The van der Waals surface area contributed by atoms with Gasteiger partial charge in [0.05, 0.1) is 16.8 Å². The summed E-state index contributed by atoms with van der Waals surface area (Å²) in [4.78, 5) is 52.8. The summed E-state index contributed by atoms with van der Waals surface area (Å²) in [7, 11) is 0. The zero-order chi connectivity index (χ0) is 25.4. The lowest BCUT2D eigenvalue weighted by Crippen LogP contribution is -2.47. The Balaban J connectivity index is 1.48. The molecule has 0 radical (unpaired) electrons. The molecule has 36 heavy (non-hydrogen) atoms. The van der Waals surface area contributed by atoms with Gasteiger partial charge < -0.3 is 14.5 Å². The lowest BCUT2D eigenvalue weighted by atomic mass is 10.0. The van der Waals surface area contributed by atoms with E-state index in [1.165, 1.54) is 17.9 Å². The molecule has 0 aliphatic carbocycles. The van der Waals surface area contributed by atoms with E-state index in [0.717, 1.165) is 0 Å². The van der Waals surface area contributed by atoms with Gasteiger partial charge in [0, 0.05) is 11.1 Å². The molecule has 1 atom stereocenters. The molecule has 2 heterocycles. The maximum Gasteiger partial charge on any atom is 0.342 e. The number of esters is 1. The number of nitrogens with one attached hydrogen (secondary N) is 1. The largest absolute Gasteiger partial charge is 0.455 e. The average Bonchev–Trinajstić information content (AvgIpc) is 2.89. The third-order valence-corrected chi connectivity index (χ3v) is 6.07. The van der Waals surface area contributed by atoms with E-state index >= 15 is 0 Å². The number of carbonyl (C=O) groups excluding carboxylic acids is 3. The first-order chi connectivity index (χ1) is 17.3. The van der Waals surface area contributed by atoms with E-state index in [2.05, 4.69) is 5.32 Å². The van der Waals surface area contributed by atoms with Gasteiger partial charge in [-0.25, -0.2) is 4.79 Å². The number of hydrogen-bond acceptors (Lipinski definition) is 6. The molecule has 180 valence electrons. The molecule has 0 spiro atoms. The van der Waals surface area contributed by atoms with Crippen molar-refractivity contribution in [3.63, 3.8) is 0 Å². The van der Waals surface area contributed by atoms with Crippen LogP contribution in [0.5, 0.6) is 0 Å². The third kappa shape index (κ3) is 4.02. The number of ether oxygens (including phenoxy) is 1. The first kappa shape index (κ1) is 23.0. The van der Waals surface area contributed by atoms with Gasteiger partial charge in [-0.3, -0.25) is 19.3 Å². The van der Waals surface area contributed by atoms with Crippen LogP contribution in [0.3, 0.4) is 0 Å². The molecule has 3 aromatic carbocycles. The van der Waals surface area contributed by atoms with Crippen LogP contribution in [0.1, 0.15) is 22.8 Å². The minimum Gasteiger partial charge on any atom is -0.455 e. The molecule has 1 aliphatic rings. The first-order valence-corrected chi connectivity index (χ1v) is 11.4. The number of carbonyl (C=O) groups is 3. The number of benzene rings is 3. The van der Waals surface area contributed by atoms with Crippen LogP contribution in [0, 0.1) is 6.92 Å². The molecule has 5 rings (SSSR count). The van der Waals surface area contributed by atoms with Crippen molar-refractivity contribution in [2.75, 3.05) is 16.8 Å². The predicted molar refractivity (Wildman–Crippen MR) is 135 cm³/mol. The lowest BCUT2D eigenvalue weighted by Gasteiger charge is -2.30. The van der Waals surface area contributed by atoms with Gasteiger partial charge in [-0.2, -0.15) is 0 Å². The highest BCUT2D eigenvalue weighted by Gasteiger charge is 2.32. The summed E-state index contributed by atoms with van der Waals surface area (Å²) in [6.07, 6.45) is -1.20. The summed E-state index contributed by atoms with van der Waals surface area (Å²) >= 11 is 0. The Morgan fingerprint density at radius 1 is 0.972 bits per heavy atom. The van der Waals surface area contributed by atoms with Crippen LogP contribution < -0.4 is 15.6 Å². The van der Waals surface area contributed by atoms with Gasteiger partial charge in [0.25, 0.3) is 5.91 Å². The second-order valence-corrected chi connectivity index (χ2v) is 8.47. The van der Waals surface area contributed by atoms with Gasteiger partial charge in [0.15, 0.2) is 17.1 Å². The summed E-state index contributed by atoms with van der Waals surface area (Å²) in [6, 6.07) is 20.6. The molecule has 0 saturated carbocycles. The number of fused-ring (bicyclic) bond motifs is 2. The van der Waals surface area contributed by atoms with Gasteiger partial charge in [-0.1, -0.05) is 48.5 Å². The molecule has 8 nitrogen and oxygen atoms in total. The Labute approximate surface area is 206 Å². The van der Waals surface area contributed by atoms with E-state index in [1.807, 2.05) is 30.3 Å². The molecule has 1 aliphatic heterocycles. The standard InChI is InChI=1S/C28H22N2O6/c1-16-24(32)19-11-8-12-20(26(19)36-25(16)18-9-4-3-5-10-18)28(34)35-17(2)27(33)30-15-23(31)29-21-13-6-7-14-22(21)30/h3-14,17H,15H2,1-2H3,(H,29,31). The molecule has 0 fully saturated rings. The van der Waals surface area contributed by atoms with Crippen LogP contribution in [-0.4, -0.2) is 30.4 Å². The van der Waals surface area contributed by atoms with Gasteiger partial charge in [0.1, 0.15) is 17.9 Å². The molecule has 2 amide bonds. The maximum atomic E-state index is 13.2. The second-order valence-electron chi connectivity index (χ2n) is 8.47. The Kier molecular flexibility index (Phi) is 5.85. The maximum absolute atomic E-state index is 13.2. The van der Waals surface area contributed by atoms with Crippen LogP contribution >= 0.6 is 0 Å². The van der Waals surface area contributed by atoms with E-state index in [9.17, 15) is 19.2 Å². The van der Waals surface area contributed by atoms with Gasteiger partial charge in [-0.15, -0.1) is 0 Å². The molecule has 1 aromatic heterocycles. The first-order valence-electron chi connectivity index (χ1n) is 11.4. The van der Waals surface area contributed by atoms with Crippen LogP contribution in [0.4, 0.5) is 11.4 Å². The van der Waals surface area contributed by atoms with Crippen molar-refractivity contribution >= 4 is 40.1 Å². The Morgan fingerprint density at radius 2 is 1.69 bits per heavy atom. The van der Waals surface area contributed by atoms with Crippen LogP contribution in [0.25, 0.3) is 22.3 Å². The summed E-state index contributed by atoms with van der Waals surface area (Å²) < 4.78 is 11.6. The van der Waals surface area contributed by atoms with E-state index in [-0.39, 0.29) is 34.4 Å². The molecule has 1 unspecified atom stereocenters. The number of amides is 2. The zero-order valence-corrected chi connectivity index (χ0v) is 19.6. The third-order valence-electron chi connectivity index (χ3n) is 6.07. The molecular formula is C28H22N2O6. The SMILES string of the molecule is Cc1c(-c2ccccc2)oc2c(C(=O)OC(C)C(=O)N3CC(=O)Nc4ccccc43)cccc2c1=O. The van der Waals surface area contributed by atoms with Crippen LogP contribution in [-0.2, 0) is 14.3 Å². The van der Waals surface area contributed by atoms with Gasteiger partial charge in [-0.05, 0) is 38.1 Å². The number of rotatable bonds is 4. The highest BCUT2D eigenvalue weighted by molar-refractivity contribution is 6.11. The smallest absolute Gasteiger partial charge is 0.342 e. The number of hydrogen-bond donors (Lipinski definition) is 1. The fourth-order valence-corrected chi connectivity index (χ4v) is 4.26. The normalized spacial score (nSPS) is 13.6.